The van der Waals surface area contributed by atoms with Crippen molar-refractivity contribution >= 4 is 29.3 Å². The highest BCUT2D eigenvalue weighted by atomic mass is 35.5. The SMILES string of the molecule is CCN(C(=O)c1ccc(Oc2cc3c(cc2Cl)C(C(=O)O)CCO3)cc1)c1cccn1-c1ccc(C(F)(F)F)cc1. The van der Waals surface area contributed by atoms with Crippen molar-refractivity contribution in [1.82, 2.24) is 4.57 Å². The molecule has 5 rings (SSSR count). The number of carboxylic acid groups (broad SMARTS) is 1. The first-order chi connectivity index (χ1) is 19.6. The van der Waals surface area contributed by atoms with Gasteiger partial charge in [0, 0.05) is 35.6 Å². The number of halogens is 4. The van der Waals surface area contributed by atoms with Gasteiger partial charge in [0.05, 0.1) is 23.1 Å². The largest absolute Gasteiger partial charge is 0.493 e. The van der Waals surface area contributed by atoms with E-state index < -0.39 is 23.6 Å². The van der Waals surface area contributed by atoms with Crippen LogP contribution in [-0.4, -0.2) is 34.7 Å². The predicted octanol–water partition coefficient (Wildman–Crippen LogP) is 7.56. The van der Waals surface area contributed by atoms with Crippen molar-refractivity contribution in [1.29, 1.82) is 0 Å². The van der Waals surface area contributed by atoms with Crippen molar-refractivity contribution in [3.8, 4) is 22.9 Å². The molecule has 1 amide bonds. The monoisotopic (exact) mass is 584 g/mol. The lowest BCUT2D eigenvalue weighted by Gasteiger charge is -2.24. The van der Waals surface area contributed by atoms with Crippen LogP contribution in [0.4, 0.5) is 19.0 Å². The Balaban J connectivity index is 1.34. The molecule has 2 heterocycles. The predicted molar refractivity (Wildman–Crippen MR) is 147 cm³/mol. The Morgan fingerprint density at radius 1 is 1.10 bits per heavy atom. The molecule has 1 aliphatic rings. The van der Waals surface area contributed by atoms with E-state index in [0.29, 0.717) is 47.1 Å². The van der Waals surface area contributed by atoms with Gasteiger partial charge in [-0.2, -0.15) is 13.2 Å². The minimum absolute atomic E-state index is 0.224. The third-order valence-corrected chi connectivity index (χ3v) is 7.06. The zero-order chi connectivity index (χ0) is 29.3. The Morgan fingerprint density at radius 2 is 1.80 bits per heavy atom. The summed E-state index contributed by atoms with van der Waals surface area (Å²) in [7, 11) is 0. The molecule has 41 heavy (non-hydrogen) atoms. The van der Waals surface area contributed by atoms with Gasteiger partial charge in [-0.1, -0.05) is 11.6 Å². The van der Waals surface area contributed by atoms with E-state index in [1.807, 2.05) is 0 Å². The number of anilines is 1. The molecule has 4 aromatic rings. The molecular weight excluding hydrogens is 561 g/mol. The number of fused-ring (bicyclic) bond motifs is 1. The molecule has 1 aromatic heterocycles. The van der Waals surface area contributed by atoms with E-state index in [0.717, 1.165) is 12.1 Å². The fourth-order valence-electron chi connectivity index (χ4n) is 4.70. The van der Waals surface area contributed by atoms with E-state index in [9.17, 15) is 27.9 Å². The molecule has 212 valence electrons. The maximum Gasteiger partial charge on any atom is 0.416 e. The van der Waals surface area contributed by atoms with Crippen molar-refractivity contribution in [3.63, 3.8) is 0 Å². The quantitative estimate of drug-likeness (QED) is 0.242. The van der Waals surface area contributed by atoms with Crippen LogP contribution in [0.2, 0.25) is 5.02 Å². The molecule has 3 aromatic carbocycles. The lowest BCUT2D eigenvalue weighted by molar-refractivity contribution is -0.139. The van der Waals surface area contributed by atoms with Gasteiger partial charge in [-0.15, -0.1) is 0 Å². The van der Waals surface area contributed by atoms with E-state index >= 15 is 0 Å². The van der Waals surface area contributed by atoms with Crippen molar-refractivity contribution < 1.29 is 37.3 Å². The molecule has 1 aliphatic heterocycles. The van der Waals surface area contributed by atoms with Crippen LogP contribution in [-0.2, 0) is 11.0 Å². The van der Waals surface area contributed by atoms with Gasteiger partial charge in [-0.05, 0) is 80.1 Å². The van der Waals surface area contributed by atoms with Gasteiger partial charge in [0.1, 0.15) is 23.1 Å². The fourth-order valence-corrected chi connectivity index (χ4v) is 4.91. The number of hydrogen-bond donors (Lipinski definition) is 1. The molecule has 0 fully saturated rings. The van der Waals surface area contributed by atoms with Gasteiger partial charge < -0.3 is 19.1 Å². The standard InChI is InChI=1S/C30H24ClF3N2O5/c1-2-35(27-4-3-14-36(27)20-9-7-19(8-10-20)30(32,33)34)28(37)18-5-11-21(12-6-18)41-26-17-25-23(16-24(26)31)22(29(38)39)13-15-40-25/h3-12,14,16-17,22H,2,13,15H2,1H3,(H,38,39). The number of carbonyl (C=O) groups is 2. The molecule has 1 unspecified atom stereocenters. The number of aliphatic carboxylic acids is 1. The number of nitrogens with zero attached hydrogens (tertiary/aromatic N) is 2. The molecule has 1 N–H and O–H groups in total. The summed E-state index contributed by atoms with van der Waals surface area (Å²) in [6.07, 6.45) is -2.42. The average molecular weight is 585 g/mol. The normalized spacial score (nSPS) is 14.6. The first kappa shape index (κ1) is 28.1. The maximum absolute atomic E-state index is 13.5. The number of carbonyl (C=O) groups excluding carboxylic acids is 1. The summed E-state index contributed by atoms with van der Waals surface area (Å²) in [4.78, 5) is 26.5. The fraction of sp³-hybridized carbons (Fsp3) is 0.200. The molecule has 11 heteroatoms. The van der Waals surface area contributed by atoms with Gasteiger partial charge >= 0.3 is 12.1 Å². The molecule has 0 saturated heterocycles. The Hall–Kier alpha value is -4.44. The minimum Gasteiger partial charge on any atom is -0.493 e. The molecule has 7 nitrogen and oxygen atoms in total. The lowest BCUT2D eigenvalue weighted by Crippen LogP contribution is -2.32. The van der Waals surface area contributed by atoms with Gasteiger partial charge in [0.25, 0.3) is 5.91 Å². The van der Waals surface area contributed by atoms with Crippen LogP contribution in [0.3, 0.4) is 0 Å². The molecule has 0 aliphatic carbocycles. The van der Waals surface area contributed by atoms with Gasteiger partial charge in [0.15, 0.2) is 0 Å². The van der Waals surface area contributed by atoms with Crippen molar-refractivity contribution in [2.75, 3.05) is 18.1 Å². The number of hydrogen-bond acceptors (Lipinski definition) is 4. The third-order valence-electron chi connectivity index (χ3n) is 6.77. The van der Waals surface area contributed by atoms with Crippen molar-refractivity contribution in [2.24, 2.45) is 0 Å². The molecule has 1 atom stereocenters. The first-order valence-corrected chi connectivity index (χ1v) is 13.1. The van der Waals surface area contributed by atoms with Crippen LogP contribution in [0, 0.1) is 0 Å². The summed E-state index contributed by atoms with van der Waals surface area (Å²) in [5.41, 5.74) is 0.578. The molecule has 0 bridgehead atoms. The Labute approximate surface area is 238 Å². The van der Waals surface area contributed by atoms with Crippen LogP contribution in [0.5, 0.6) is 17.2 Å². The molecule has 0 radical (unpaired) electrons. The first-order valence-electron chi connectivity index (χ1n) is 12.7. The number of aromatic nitrogens is 1. The molecular formula is C30H24ClF3N2O5. The highest BCUT2D eigenvalue weighted by molar-refractivity contribution is 6.32. The Morgan fingerprint density at radius 3 is 2.44 bits per heavy atom. The van der Waals surface area contributed by atoms with Gasteiger partial charge in [-0.25, -0.2) is 0 Å². The van der Waals surface area contributed by atoms with E-state index in [4.69, 9.17) is 21.1 Å². The summed E-state index contributed by atoms with van der Waals surface area (Å²) in [6, 6.07) is 17.6. The number of carboxylic acids is 1. The second-order valence-corrected chi connectivity index (χ2v) is 9.71. The number of amides is 1. The minimum atomic E-state index is -4.44. The van der Waals surface area contributed by atoms with Crippen LogP contribution in [0.15, 0.2) is 79.0 Å². The van der Waals surface area contributed by atoms with E-state index in [1.54, 1.807) is 60.2 Å². The van der Waals surface area contributed by atoms with Crippen LogP contribution >= 0.6 is 11.6 Å². The second-order valence-electron chi connectivity index (χ2n) is 9.31. The van der Waals surface area contributed by atoms with Crippen LogP contribution in [0.1, 0.15) is 40.7 Å². The number of alkyl halides is 3. The highest BCUT2D eigenvalue weighted by Gasteiger charge is 2.31. The Kier molecular flexibility index (Phi) is 7.68. The zero-order valence-corrected chi connectivity index (χ0v) is 22.4. The summed E-state index contributed by atoms with van der Waals surface area (Å²) in [5.74, 6) is -0.413. The lowest BCUT2D eigenvalue weighted by atomic mass is 9.93. The summed E-state index contributed by atoms with van der Waals surface area (Å²) in [5, 5.41) is 9.70. The van der Waals surface area contributed by atoms with E-state index in [2.05, 4.69) is 0 Å². The van der Waals surface area contributed by atoms with E-state index in [-0.39, 0.29) is 23.3 Å². The number of benzene rings is 3. The maximum atomic E-state index is 13.5. The highest BCUT2D eigenvalue weighted by Crippen LogP contribution is 2.42. The molecule has 0 spiro atoms. The topological polar surface area (TPSA) is 81.0 Å². The number of rotatable bonds is 7. The van der Waals surface area contributed by atoms with Gasteiger partial charge in [0.2, 0.25) is 0 Å². The summed E-state index contributed by atoms with van der Waals surface area (Å²) >= 11 is 6.38. The average Bonchev–Trinajstić information content (AvgIpc) is 3.43. The second kappa shape index (κ2) is 11.2. The van der Waals surface area contributed by atoms with Crippen LogP contribution in [0.25, 0.3) is 5.69 Å². The van der Waals surface area contributed by atoms with E-state index in [1.165, 1.54) is 23.1 Å². The van der Waals surface area contributed by atoms with Crippen molar-refractivity contribution in [2.45, 2.75) is 25.4 Å². The van der Waals surface area contributed by atoms with Crippen LogP contribution < -0.4 is 14.4 Å². The van der Waals surface area contributed by atoms with Gasteiger partial charge in [-0.3, -0.25) is 14.5 Å². The summed E-state index contributed by atoms with van der Waals surface area (Å²) < 4.78 is 52.2. The zero-order valence-electron chi connectivity index (χ0n) is 21.7. The Bertz CT molecular complexity index is 1580. The summed E-state index contributed by atoms with van der Waals surface area (Å²) in [6.45, 7) is 2.37. The third kappa shape index (κ3) is 5.74. The number of ether oxygens (including phenoxy) is 2. The smallest absolute Gasteiger partial charge is 0.416 e. The van der Waals surface area contributed by atoms with Crippen molar-refractivity contribution in [3.05, 3.63) is 101 Å². The molecule has 0 saturated carbocycles.